The number of aliphatic hydroxyl groups is 2. The second-order valence-corrected chi connectivity index (χ2v) is 30.2. The number of ether oxygens (including phenoxy) is 6. The molecule has 7 rings (SSSR count). The molecule has 2 aliphatic heterocycles. The van der Waals surface area contributed by atoms with E-state index in [4.69, 9.17) is 38.9 Å². The Morgan fingerprint density at radius 1 is 0.726 bits per heavy atom. The van der Waals surface area contributed by atoms with Gasteiger partial charge in [0.25, 0.3) is 5.91 Å². The van der Waals surface area contributed by atoms with E-state index < -0.39 is 105 Å². The second-order valence-electron chi connectivity index (χ2n) is 26.7. The number of carboxylic acids is 2. The predicted molar refractivity (Wildman–Crippen MR) is 403 cm³/mol. The number of nitrogens with one attached hydrogen (secondary N) is 8. The van der Waals surface area contributed by atoms with Gasteiger partial charge in [0.1, 0.15) is 28.9 Å². The normalized spacial score (nSPS) is 19.8. The first-order valence-electron chi connectivity index (χ1n) is 36.9. The molecule has 3 aliphatic rings. The Hall–Kier alpha value is -7.75. The van der Waals surface area contributed by atoms with Crippen LogP contribution in [0.15, 0.2) is 53.8 Å². The van der Waals surface area contributed by atoms with Gasteiger partial charge in [-0.1, -0.05) is 17.0 Å². The van der Waals surface area contributed by atoms with Crippen LogP contribution in [0.3, 0.4) is 0 Å². The number of hydrogen-bond donors (Lipinski definition) is 15. The molecule has 2 saturated heterocycles. The Kier molecular flexibility index (Phi) is 39.7. The van der Waals surface area contributed by atoms with Crippen LogP contribution in [0, 0.1) is 19.8 Å². The molecule has 42 nitrogen and oxygen atoms in total. The average molecular weight is 1660 g/mol. The molecule has 1 aliphatic carbocycles. The number of aliphatic carboxylic acids is 2. The number of likely N-dealkylation sites (N-methyl/N-ethyl adjacent to an activating group) is 1. The van der Waals surface area contributed by atoms with Crippen LogP contribution < -0.4 is 41.4 Å². The van der Waals surface area contributed by atoms with Crippen molar-refractivity contribution >= 4 is 98.5 Å². The number of aromatic nitrogens is 4. The first-order chi connectivity index (χ1) is 54.3. The number of H-pyrrole nitrogens is 1. The summed E-state index contributed by atoms with van der Waals surface area (Å²) < 4.78 is 74.7. The molecule has 113 heavy (non-hydrogen) atoms. The highest BCUT2D eigenvalue weighted by molar-refractivity contribution is 7.96. The second kappa shape index (κ2) is 48.6. The summed E-state index contributed by atoms with van der Waals surface area (Å²) in [5.41, 5.74) is 1.59. The predicted octanol–water partition coefficient (Wildman–Crippen LogP) is -0.0351. The van der Waals surface area contributed by atoms with E-state index in [0.717, 1.165) is 11.9 Å². The number of sulfonamides is 1. The maximum atomic E-state index is 13.8. The molecule has 4 heterocycles. The summed E-state index contributed by atoms with van der Waals surface area (Å²) in [5, 5.41) is 97.2. The lowest BCUT2D eigenvalue weighted by Crippen LogP contribution is -2.68. The van der Waals surface area contributed by atoms with Crippen LogP contribution in [-0.2, 0) is 87.8 Å². The summed E-state index contributed by atoms with van der Waals surface area (Å²) in [6.07, 6.45) is 1.96. The minimum Gasteiger partial charge on any atom is -0.494 e. The molecule has 2 aromatic heterocycles. The number of aliphatic hydroxyl groups excluding tert-OH is 1. The standard InChI is InChI=1S/C68H105N15O27S3/c1-4-79-21-22-81(44-57(87)88)24-23-80(26-28-82(27-25-79)67(94)95)43-56(86)77-50(11-13-55(85)70-19-32-105-65-59(89)60(111-109-107-97)58-53(106-65)40-68(58,96)112-110-108-98)63(91)71-16-8-30-102-34-36-103-35-33-101-29-7-15-69-54(84)9-5-31-104-49-37-45(2)61(46(3)38-49)113(99,100)78-51(64(92)93)42-75-62(90)47-10-12-52-48(39-47)41-76-83(52)20-6-14-72-66-73-17-18-74-66/h10,12,17-18,37-39,41,50-51,53,58-60,65,78,89,96-98H,4-9,11,13-16,19-36,40,42-44H2,1-3H3,(H,69,84)(H,70,85)(H,71,91)(H,75,90)(H,77,86)(H,87,88)(H,92,93)(H,94,95)(H2,72,73,74)/t50-,51+,53?,58?,59?,60?,65?,68?/m1/s1. The maximum Gasteiger partial charge on any atom is 0.407 e. The Balaban J connectivity index is 0.756. The topological polar surface area (TPSA) is 548 Å². The first-order valence-corrected chi connectivity index (χ1v) is 40.0. The van der Waals surface area contributed by atoms with Gasteiger partial charge >= 0.3 is 18.0 Å². The Morgan fingerprint density at radius 3 is 2.03 bits per heavy atom. The number of rotatable bonds is 51. The zero-order valence-corrected chi connectivity index (χ0v) is 65.6. The van der Waals surface area contributed by atoms with Crippen LogP contribution >= 0.6 is 24.1 Å². The fourth-order valence-electron chi connectivity index (χ4n) is 12.7. The number of carbonyl (C=O) groups excluding carboxylic acids is 5. The van der Waals surface area contributed by atoms with E-state index in [0.29, 0.717) is 113 Å². The van der Waals surface area contributed by atoms with Crippen LogP contribution in [0.5, 0.6) is 5.75 Å². The average Bonchev–Trinajstić information content (AvgIpc) is 0.755. The number of hydrogen-bond acceptors (Lipinski definition) is 32. The van der Waals surface area contributed by atoms with Crippen molar-refractivity contribution in [3.8, 4) is 5.75 Å². The van der Waals surface area contributed by atoms with Crippen LogP contribution in [0.2, 0.25) is 0 Å². The van der Waals surface area contributed by atoms with Crippen molar-refractivity contribution in [1.82, 2.24) is 70.7 Å². The zero-order valence-electron chi connectivity index (χ0n) is 63.1. The monoisotopic (exact) mass is 1660 g/mol. The van der Waals surface area contributed by atoms with Crippen molar-refractivity contribution in [2.24, 2.45) is 5.92 Å². The number of fused-ring (bicyclic) bond motifs is 2. The lowest BCUT2D eigenvalue weighted by atomic mass is 9.72. The molecular formula is C68H105N15O27S3. The summed E-state index contributed by atoms with van der Waals surface area (Å²) >= 11 is 0.832. The Bertz CT molecular complexity index is 3740. The largest absolute Gasteiger partial charge is 0.494 e. The number of aryl methyl sites for hydroxylation is 3. The van der Waals surface area contributed by atoms with Crippen LogP contribution in [0.1, 0.15) is 79.8 Å². The SMILES string of the molecule is CCN1CCN(CC(=O)O)CCN(CC(=O)N[C@H](CCC(=O)NCCOC2OC3CC(O)(SOOO)C3C(SOOO)C2O)C(=O)NCCCOCCOCCOCCCNC(=O)CCCOc2cc(C)c(S(=O)(=O)N[C@@H](CNC(=O)c3ccc4c(cnn4CCCNc4ncc[nH]4)c3)C(=O)O)c(C)c2)CCN(C(=O)O)CC1. The van der Waals surface area contributed by atoms with E-state index >= 15 is 0 Å². The molecule has 0 spiro atoms. The molecule has 0 bridgehead atoms. The molecule has 6 unspecified atom stereocenters. The first kappa shape index (κ1) is 92.4. The zero-order chi connectivity index (χ0) is 81.7. The summed E-state index contributed by atoms with van der Waals surface area (Å²) in [7, 11) is -4.42. The number of carbonyl (C=O) groups is 8. The van der Waals surface area contributed by atoms with Crippen molar-refractivity contribution in [2.75, 3.05) is 163 Å². The van der Waals surface area contributed by atoms with E-state index in [-0.39, 0.29) is 158 Å². The molecule has 3 fully saturated rings. The van der Waals surface area contributed by atoms with E-state index in [1.807, 2.05) is 11.8 Å². The third-order valence-electron chi connectivity index (χ3n) is 18.5. The number of benzene rings is 2. The highest BCUT2D eigenvalue weighted by Gasteiger charge is 2.65. The highest BCUT2D eigenvalue weighted by Crippen LogP contribution is 2.56. The molecule has 2 aromatic carbocycles. The van der Waals surface area contributed by atoms with Crippen LogP contribution in [0.4, 0.5) is 10.7 Å². The molecular weight excluding hydrogens is 1560 g/mol. The molecule has 4 aromatic rings. The molecule has 15 N–H and O–H groups in total. The van der Waals surface area contributed by atoms with Gasteiger partial charge < -0.3 is 101 Å². The number of nitrogens with zero attached hydrogens (tertiary/aromatic N) is 7. The number of carboxylic acid groups (broad SMARTS) is 3. The van der Waals surface area contributed by atoms with Gasteiger partial charge in [0, 0.05) is 165 Å². The number of aromatic amines is 1. The fraction of sp³-hybridized carbons (Fsp3) is 0.647. The van der Waals surface area contributed by atoms with Crippen molar-refractivity contribution in [3.63, 3.8) is 0 Å². The van der Waals surface area contributed by atoms with Gasteiger partial charge in [-0.2, -0.15) is 9.82 Å². The van der Waals surface area contributed by atoms with Crippen molar-refractivity contribution in [3.05, 3.63) is 65.6 Å². The van der Waals surface area contributed by atoms with Crippen LogP contribution in [0.25, 0.3) is 10.9 Å². The molecule has 8 atom stereocenters. The Labute approximate surface area is 660 Å². The minimum absolute atomic E-state index is 0.0352. The smallest absolute Gasteiger partial charge is 0.407 e. The van der Waals surface area contributed by atoms with Gasteiger partial charge in [0.15, 0.2) is 12.2 Å². The van der Waals surface area contributed by atoms with Gasteiger partial charge in [-0.15, -0.1) is 8.67 Å². The molecule has 1 saturated carbocycles. The van der Waals surface area contributed by atoms with Crippen molar-refractivity contribution in [2.45, 2.75) is 124 Å². The van der Waals surface area contributed by atoms with Gasteiger partial charge in [0.05, 0.1) is 92.7 Å². The summed E-state index contributed by atoms with van der Waals surface area (Å²) in [6.45, 7) is 9.65. The fourth-order valence-corrected chi connectivity index (χ4v) is 16.1. The van der Waals surface area contributed by atoms with Gasteiger partial charge in [-0.3, -0.25) is 48.0 Å². The molecule has 45 heteroatoms. The highest BCUT2D eigenvalue weighted by atomic mass is 32.2. The third-order valence-corrected chi connectivity index (χ3v) is 22.1. The quantitative estimate of drug-likeness (QED) is 0.00907. The van der Waals surface area contributed by atoms with Crippen molar-refractivity contribution < 1.29 is 130 Å². The van der Waals surface area contributed by atoms with Crippen LogP contribution in [-0.4, -0.2) is 330 Å². The Morgan fingerprint density at radius 2 is 1.37 bits per heavy atom. The van der Waals surface area contributed by atoms with Gasteiger partial charge in [0.2, 0.25) is 33.7 Å². The summed E-state index contributed by atoms with van der Waals surface area (Å²) in [6, 6.07) is 4.99. The maximum absolute atomic E-state index is 13.8. The number of amides is 6. The third kappa shape index (κ3) is 31.1. The minimum atomic E-state index is -4.42. The summed E-state index contributed by atoms with van der Waals surface area (Å²) in [5.74, 6) is -5.00. The van der Waals surface area contributed by atoms with E-state index in [1.54, 1.807) is 65.1 Å². The van der Waals surface area contributed by atoms with Crippen molar-refractivity contribution in [1.29, 1.82) is 0 Å². The lowest BCUT2D eigenvalue weighted by Gasteiger charge is -2.56. The number of anilines is 1. The molecule has 6 amide bonds. The number of imidazole rings is 1. The van der Waals surface area contributed by atoms with Gasteiger partial charge in [-0.05, 0) is 94.0 Å². The van der Waals surface area contributed by atoms with E-state index in [9.17, 15) is 72.3 Å². The van der Waals surface area contributed by atoms with E-state index in [2.05, 4.69) is 70.4 Å². The molecule has 0 radical (unpaired) electrons. The van der Waals surface area contributed by atoms with E-state index in [1.165, 1.54) is 17.0 Å². The summed E-state index contributed by atoms with van der Waals surface area (Å²) in [4.78, 5) is 115. The lowest BCUT2D eigenvalue weighted by molar-refractivity contribution is -0.435. The van der Waals surface area contributed by atoms with Gasteiger partial charge in [-0.25, -0.2) is 28.7 Å². The molecule has 632 valence electrons.